The number of halogens is 1. The summed E-state index contributed by atoms with van der Waals surface area (Å²) in [7, 11) is 0.319. The van der Waals surface area contributed by atoms with Gasteiger partial charge in [-0.3, -0.25) is 14.4 Å². The van der Waals surface area contributed by atoms with E-state index in [9.17, 15) is 28.8 Å². The van der Waals surface area contributed by atoms with E-state index in [-0.39, 0.29) is 83.9 Å². The van der Waals surface area contributed by atoms with Crippen LogP contribution in [-0.2, 0) is 33.3 Å². The summed E-state index contributed by atoms with van der Waals surface area (Å²) in [4.78, 5) is 76.0. The molecule has 32 heteroatoms. The van der Waals surface area contributed by atoms with Gasteiger partial charge in [-0.25, -0.2) is 14.4 Å². The molecule has 0 spiro atoms. The second-order valence-electron chi connectivity index (χ2n) is 24.4. The van der Waals surface area contributed by atoms with Gasteiger partial charge in [0.25, 0.3) is 0 Å². The number of aliphatic hydroxyl groups excluding tert-OH is 1. The van der Waals surface area contributed by atoms with Crippen LogP contribution in [0.2, 0.25) is 0 Å². The standard InChI is InChI=1S/C13H23N3O4.C13H21N3O3.C11H19NO4.C8H13N3O.C6H11NO2.C2HBO2.C2H6N2O.ClH/c1-8(16-19)14-11(17)9-5-6-10(7-9)15-12(18)20-13(2,3)4;1-8-14-11(19-16-8)9-5-6-10(7-9)15-12(17)18-13(2,3)4;1-11(2,3)16-10(15)12-8-5-4-7(6-8)9(13)14;1-5-10-8(12-11-5)6-2-3-7(9)4-6;7-5-2-1-4(3-5)6(8)9;4-2-1-3-5;1-2(3)4-5;/h9-10,19H,5-7H2,1-4H3,(H,15,18)(H,14,16,17);9-10H,5-7H2,1-4H3,(H,15,17);7-8H,4-6H2,1-3H3,(H,12,15)(H,13,14);6-7H,2-4,9H2,1H3;4-5H,1-3,7H2,(H,8,9);4H;5H,1H3,(H2,3,4);1H/t2*9-,10+;7-,8+;6-,7+;4-,5+;;;/m00000.../s1. The third-order valence-electron chi connectivity index (χ3n) is 13.0. The Morgan fingerprint density at radius 3 is 1.24 bits per heavy atom. The number of hydrogen-bond acceptors (Lipinski definition) is 23. The predicted octanol–water partition coefficient (Wildman–Crippen LogP) is 6.58. The van der Waals surface area contributed by atoms with Crippen molar-refractivity contribution in [1.82, 2.24) is 41.5 Å². The Kier molecular flexibility index (Phi) is 36.1. The van der Waals surface area contributed by atoms with E-state index in [1.54, 1.807) is 54.3 Å². The molecular formula is C55H95BClN13O17. The molecule has 0 radical (unpaired) electrons. The summed E-state index contributed by atoms with van der Waals surface area (Å²) < 4.78 is 34.8. The van der Waals surface area contributed by atoms with Crippen molar-refractivity contribution in [2.45, 2.75) is 245 Å². The van der Waals surface area contributed by atoms with Crippen LogP contribution in [0.3, 0.4) is 0 Å². The summed E-state index contributed by atoms with van der Waals surface area (Å²) >= 11 is 0. The van der Waals surface area contributed by atoms with Gasteiger partial charge in [0.1, 0.15) is 28.5 Å². The summed E-state index contributed by atoms with van der Waals surface area (Å²) in [6.45, 7) is 23.0. The van der Waals surface area contributed by atoms with Crippen LogP contribution in [0.4, 0.5) is 14.4 Å². The number of alkyl carbamates (subject to hydrolysis) is 3. The molecule has 10 atom stereocenters. The first-order valence-electron chi connectivity index (χ1n) is 28.5. The van der Waals surface area contributed by atoms with Gasteiger partial charge in [0.15, 0.2) is 11.6 Å². The Balaban J connectivity index is 0.00000104. The first kappa shape index (κ1) is 79.7. The number of aliphatic carboxylic acids is 2. The van der Waals surface area contributed by atoms with Crippen molar-refractivity contribution in [2.75, 3.05) is 0 Å². The summed E-state index contributed by atoms with van der Waals surface area (Å²) in [5.74, 6) is 3.18. The zero-order valence-electron chi connectivity index (χ0n) is 52.4. The molecule has 5 aliphatic rings. The van der Waals surface area contributed by atoms with Gasteiger partial charge in [0.05, 0.1) is 11.8 Å². The second kappa shape index (κ2) is 39.5. The number of amidine groups is 2. The molecule has 0 bridgehead atoms. The molecule has 4 amide bonds. The van der Waals surface area contributed by atoms with Crippen molar-refractivity contribution in [2.24, 2.45) is 45.3 Å². The summed E-state index contributed by atoms with van der Waals surface area (Å²) in [5, 5.41) is 64.8. The van der Waals surface area contributed by atoms with Gasteiger partial charge in [-0.1, -0.05) is 20.6 Å². The van der Waals surface area contributed by atoms with Gasteiger partial charge in [0.2, 0.25) is 17.7 Å². The van der Waals surface area contributed by atoms with E-state index in [0.29, 0.717) is 75.2 Å². The number of nitrogens with one attached hydrogen (secondary N) is 4. The van der Waals surface area contributed by atoms with Gasteiger partial charge in [-0.15, -0.1) is 12.4 Å². The molecule has 2 aromatic heterocycles. The molecule has 87 heavy (non-hydrogen) atoms. The molecule has 2 aromatic rings. The van der Waals surface area contributed by atoms with Crippen LogP contribution >= 0.6 is 12.4 Å². The number of aryl methyl sites for hydroxylation is 2. The van der Waals surface area contributed by atoms with Crippen LogP contribution in [0.15, 0.2) is 19.4 Å². The van der Waals surface area contributed by atoms with Crippen LogP contribution < -0.4 is 38.5 Å². The Morgan fingerprint density at radius 2 is 0.943 bits per heavy atom. The monoisotopic (exact) mass is 1260 g/mol. The predicted molar refractivity (Wildman–Crippen MR) is 319 cm³/mol. The number of ether oxygens (including phenoxy) is 3. The second-order valence-corrected chi connectivity index (χ2v) is 24.4. The normalized spacial score (nSPS) is 23.6. The summed E-state index contributed by atoms with van der Waals surface area (Å²) in [6, 6.07) is 0.434. The first-order chi connectivity index (χ1) is 40.0. The van der Waals surface area contributed by atoms with Gasteiger partial charge in [0, 0.05) is 48.0 Å². The molecule has 5 saturated carbocycles. The molecule has 0 aliphatic heterocycles. The maximum absolute atomic E-state index is 11.8. The molecule has 0 saturated heterocycles. The number of aromatic nitrogens is 4. The van der Waals surface area contributed by atoms with Gasteiger partial charge in [-0.2, -0.15) is 9.97 Å². The van der Waals surface area contributed by atoms with Crippen molar-refractivity contribution < 1.29 is 82.5 Å². The number of aliphatic hydroxyl groups is 1. The van der Waals surface area contributed by atoms with Crippen LogP contribution in [0.1, 0.15) is 208 Å². The third-order valence-corrected chi connectivity index (χ3v) is 13.0. The van der Waals surface area contributed by atoms with E-state index in [4.69, 9.17) is 70.9 Å². The van der Waals surface area contributed by atoms with Crippen LogP contribution in [0, 0.1) is 43.5 Å². The molecule has 15 N–H and O–H groups in total. The number of nitrogens with zero attached hydrogens (tertiary/aromatic N) is 6. The number of carboxylic acid groups (broad SMARTS) is 2. The fraction of sp³-hybridized carbons (Fsp3) is 0.745. The summed E-state index contributed by atoms with van der Waals surface area (Å²) in [5.41, 5.74) is 14.6. The number of hydrogen-bond donors (Lipinski definition) is 12. The topological polar surface area (TPSA) is 477 Å². The van der Waals surface area contributed by atoms with E-state index in [1.807, 2.05) is 27.7 Å². The minimum atomic E-state index is -0.784. The third kappa shape index (κ3) is 36.4. The van der Waals surface area contributed by atoms with Crippen molar-refractivity contribution in [3.8, 4) is 11.9 Å². The molecule has 2 heterocycles. The van der Waals surface area contributed by atoms with E-state index in [1.165, 1.54) is 20.0 Å². The maximum atomic E-state index is 11.8. The van der Waals surface area contributed by atoms with Crippen molar-refractivity contribution in [3.63, 3.8) is 0 Å². The van der Waals surface area contributed by atoms with Crippen molar-refractivity contribution in [1.29, 1.82) is 0 Å². The molecule has 7 rings (SSSR count). The Labute approximate surface area is 515 Å². The van der Waals surface area contributed by atoms with Crippen LogP contribution in [0.25, 0.3) is 0 Å². The van der Waals surface area contributed by atoms with Gasteiger partial charge in [-0.05, 0) is 186 Å². The van der Waals surface area contributed by atoms with Crippen LogP contribution in [0.5, 0.6) is 0 Å². The van der Waals surface area contributed by atoms with E-state index < -0.39 is 40.9 Å². The molecule has 5 aliphatic carbocycles. The number of rotatable bonds is 8. The zero-order valence-corrected chi connectivity index (χ0v) is 53.2. The molecule has 492 valence electrons. The van der Waals surface area contributed by atoms with E-state index in [2.05, 4.69) is 51.9 Å². The van der Waals surface area contributed by atoms with Crippen molar-refractivity contribution >= 4 is 67.4 Å². The fourth-order valence-corrected chi connectivity index (χ4v) is 9.22. The van der Waals surface area contributed by atoms with E-state index >= 15 is 0 Å². The van der Waals surface area contributed by atoms with Crippen molar-refractivity contribution in [3.05, 3.63) is 23.4 Å². The number of carbonyl (C=O) groups is 6. The fourth-order valence-electron chi connectivity index (χ4n) is 9.22. The Hall–Kier alpha value is -7.33. The molecule has 30 nitrogen and oxygen atoms in total. The minimum absolute atomic E-state index is 0. The van der Waals surface area contributed by atoms with E-state index in [0.717, 1.165) is 63.7 Å². The number of carbonyl (C=O) groups excluding carboxylic acids is 4. The molecule has 0 aromatic carbocycles. The first-order valence-corrected chi connectivity index (χ1v) is 28.5. The molecular weight excluding hydrogens is 1160 g/mol. The number of nitrogens with two attached hydrogens (primary N) is 3. The molecule has 5 fully saturated rings. The number of carboxylic acids is 2. The number of amides is 4. The average molecular weight is 1260 g/mol. The van der Waals surface area contributed by atoms with Crippen LogP contribution in [-0.4, -0.2) is 148 Å². The SMILES string of the molecule is CC(=NO)NC(=O)[C@H]1CC[C@@H](NC(=O)OC(C)(C)C)C1.CC(C)(C)OC(=O)N[C@@H]1CC[C@H](C(=O)O)C1.CC(N)=NO.Cc1noc([C@H]2CC[C@@H](N)C2)n1.Cc1noc([C@H]2CC[C@@H](NC(=O)OC(C)(C)C)C2)n1.Cl.N[C@@H]1CC[C@H](C(=O)O)C1.O=BC#CO. The quantitative estimate of drug-likeness (QED) is 0.0252. The Bertz CT molecular complexity index is 2570. The number of oxime groups is 2. The van der Waals surface area contributed by atoms with Gasteiger partial charge >= 0.3 is 59.1 Å². The zero-order chi connectivity index (χ0) is 65.5. The van der Waals surface area contributed by atoms with Gasteiger partial charge < -0.3 is 82.4 Å². The summed E-state index contributed by atoms with van der Waals surface area (Å²) in [6.07, 6.45) is 12.0. The molecule has 0 unspecified atom stereocenters. The Morgan fingerprint density at radius 1 is 0.586 bits per heavy atom. The average Bonchev–Trinajstić information content (AvgIpc) is 3.03.